The Bertz CT molecular complexity index is 23.0. The fraction of sp³-hybridized carbons (Fsp3) is 1.00. The SMILES string of the molecule is ClC(Cl)(Cl)Cl.[B]. The first-order chi connectivity index (χ1) is 2.00. The van der Waals surface area contributed by atoms with Crippen LogP contribution in [0.5, 0.6) is 0 Å². The minimum atomic E-state index is -1.61. The van der Waals surface area contributed by atoms with Gasteiger partial charge in [0.15, 0.2) is 0 Å². The fourth-order valence-corrected chi connectivity index (χ4v) is 0. The van der Waals surface area contributed by atoms with Gasteiger partial charge in [0.05, 0.1) is 0 Å². The molecule has 0 saturated carbocycles. The lowest BCUT2D eigenvalue weighted by atomic mass is 10.8. The summed E-state index contributed by atoms with van der Waals surface area (Å²) in [6, 6.07) is 0. The Balaban J connectivity index is 0. The van der Waals surface area contributed by atoms with Crippen LogP contribution in [0, 0.1) is 0 Å². The summed E-state index contributed by atoms with van der Waals surface area (Å²) >= 11 is 19.3. The largest absolute Gasteiger partial charge is 0.266 e. The van der Waals surface area contributed by atoms with Crippen LogP contribution in [0.1, 0.15) is 0 Å². The zero-order chi connectivity index (χ0) is 4.50. The number of hydrogen-bond acceptors (Lipinski definition) is 0. The zero-order valence-corrected chi connectivity index (χ0v) is 5.61. The van der Waals surface area contributed by atoms with Gasteiger partial charge in [-0.1, -0.05) is 46.4 Å². The average molecular weight is 165 g/mol. The van der Waals surface area contributed by atoms with Crippen LogP contribution in [0.25, 0.3) is 0 Å². The van der Waals surface area contributed by atoms with Crippen LogP contribution in [0.4, 0.5) is 0 Å². The van der Waals surface area contributed by atoms with E-state index in [2.05, 4.69) is 0 Å². The third-order valence-corrected chi connectivity index (χ3v) is 0. The van der Waals surface area contributed by atoms with Crippen LogP contribution >= 0.6 is 46.4 Å². The van der Waals surface area contributed by atoms with Crippen molar-refractivity contribution in [1.29, 1.82) is 0 Å². The van der Waals surface area contributed by atoms with E-state index in [0.717, 1.165) is 0 Å². The molecule has 0 aliphatic rings. The molecule has 0 unspecified atom stereocenters. The van der Waals surface area contributed by atoms with Crippen molar-refractivity contribution in [2.75, 3.05) is 0 Å². The lowest BCUT2D eigenvalue weighted by Crippen LogP contribution is -1.81. The third kappa shape index (κ3) is 62.2. The Morgan fingerprint density at radius 1 is 0.833 bits per heavy atom. The van der Waals surface area contributed by atoms with Gasteiger partial charge in [0, 0.05) is 8.41 Å². The van der Waals surface area contributed by atoms with Crippen molar-refractivity contribution in [3.05, 3.63) is 0 Å². The summed E-state index contributed by atoms with van der Waals surface area (Å²) in [5.74, 6) is 0. The number of hydrogen-bond donors (Lipinski definition) is 0. The second-order valence-corrected chi connectivity index (χ2v) is 3.86. The van der Waals surface area contributed by atoms with E-state index in [-0.39, 0.29) is 8.41 Å². The van der Waals surface area contributed by atoms with Gasteiger partial charge >= 0.3 is 0 Å². The monoisotopic (exact) mass is 163 g/mol. The molecule has 0 saturated heterocycles. The molecule has 0 bridgehead atoms. The Morgan fingerprint density at radius 3 is 0.833 bits per heavy atom. The summed E-state index contributed by atoms with van der Waals surface area (Å²) in [5, 5.41) is 0. The van der Waals surface area contributed by atoms with Crippen molar-refractivity contribution in [3.8, 4) is 0 Å². The lowest BCUT2D eigenvalue weighted by molar-refractivity contribution is 1.76. The first-order valence-corrected chi connectivity index (χ1v) is 2.27. The molecule has 0 rings (SSSR count). The van der Waals surface area contributed by atoms with Gasteiger partial charge in [-0.25, -0.2) is 0 Å². The van der Waals surface area contributed by atoms with E-state index in [1.807, 2.05) is 0 Å². The standard InChI is InChI=1S/CCl4.B/c2-1(3,4)5;. The van der Waals surface area contributed by atoms with E-state index >= 15 is 0 Å². The van der Waals surface area contributed by atoms with Gasteiger partial charge in [0.2, 0.25) is 0 Å². The maximum atomic E-state index is 4.83. The number of rotatable bonds is 0. The minimum Gasteiger partial charge on any atom is -0.0664 e. The smallest absolute Gasteiger partial charge is 0.0664 e. The molecule has 35 valence electrons. The van der Waals surface area contributed by atoms with E-state index in [4.69, 9.17) is 46.4 Å². The normalized spacial score (nSPS) is 10.0. The van der Waals surface area contributed by atoms with Crippen molar-refractivity contribution in [1.82, 2.24) is 0 Å². The Hall–Kier alpha value is 1.22. The molecule has 0 aliphatic carbocycles. The van der Waals surface area contributed by atoms with E-state index in [1.54, 1.807) is 0 Å². The van der Waals surface area contributed by atoms with Gasteiger partial charge in [-0.3, -0.25) is 0 Å². The summed E-state index contributed by atoms with van der Waals surface area (Å²) in [4.78, 5) is 0. The van der Waals surface area contributed by atoms with E-state index in [0.29, 0.717) is 0 Å². The van der Waals surface area contributed by atoms with Crippen LogP contribution in [0.3, 0.4) is 0 Å². The average Bonchev–Trinajstić information content (AvgIpc) is 0.722. The number of halogens is 4. The first kappa shape index (κ1) is 10.3. The van der Waals surface area contributed by atoms with E-state index in [9.17, 15) is 0 Å². The van der Waals surface area contributed by atoms with Crippen molar-refractivity contribution >= 4 is 54.8 Å². The Morgan fingerprint density at radius 2 is 0.833 bits per heavy atom. The van der Waals surface area contributed by atoms with Crippen molar-refractivity contribution < 1.29 is 0 Å². The molecule has 0 spiro atoms. The quantitative estimate of drug-likeness (QED) is 0.380. The molecule has 0 heterocycles. The zero-order valence-electron chi connectivity index (χ0n) is 2.59. The summed E-state index contributed by atoms with van der Waals surface area (Å²) in [6.07, 6.45) is 0. The molecule has 0 aromatic heterocycles. The van der Waals surface area contributed by atoms with Crippen molar-refractivity contribution in [2.24, 2.45) is 0 Å². The maximum Gasteiger partial charge on any atom is 0.266 e. The predicted octanol–water partition coefficient (Wildman–Crippen LogP) is 2.17. The molecule has 0 aromatic rings. The molecule has 0 amide bonds. The summed E-state index contributed by atoms with van der Waals surface area (Å²) in [6.45, 7) is 0. The maximum absolute atomic E-state index is 4.83. The molecule has 6 heavy (non-hydrogen) atoms. The van der Waals surface area contributed by atoms with Crippen molar-refractivity contribution in [2.45, 2.75) is 3.25 Å². The van der Waals surface area contributed by atoms with E-state index in [1.165, 1.54) is 0 Å². The molecule has 0 aliphatic heterocycles. The van der Waals surface area contributed by atoms with Crippen LogP contribution in [-0.2, 0) is 0 Å². The van der Waals surface area contributed by atoms with Crippen molar-refractivity contribution in [3.63, 3.8) is 0 Å². The van der Waals surface area contributed by atoms with Crippen LogP contribution in [-0.4, -0.2) is 11.7 Å². The van der Waals surface area contributed by atoms with Crippen LogP contribution in [0.2, 0.25) is 0 Å². The molecular formula is CBCl4. The topological polar surface area (TPSA) is 0 Å². The lowest BCUT2D eigenvalue weighted by Gasteiger charge is -1.91. The highest BCUT2D eigenvalue weighted by Crippen LogP contribution is 2.29. The van der Waals surface area contributed by atoms with Gasteiger partial charge in [-0.05, 0) is 0 Å². The van der Waals surface area contributed by atoms with E-state index < -0.39 is 3.25 Å². The fourth-order valence-electron chi connectivity index (χ4n) is 0. The molecule has 5 heteroatoms. The Labute approximate surface area is 58.3 Å². The molecular weight excluding hydrogens is 165 g/mol. The van der Waals surface area contributed by atoms with Crippen LogP contribution in [0.15, 0.2) is 0 Å². The first-order valence-electron chi connectivity index (χ1n) is 0.756. The highest BCUT2D eigenvalue weighted by Gasteiger charge is 2.11. The summed E-state index contributed by atoms with van der Waals surface area (Å²) < 4.78 is -1.61. The molecule has 0 atom stereocenters. The summed E-state index contributed by atoms with van der Waals surface area (Å²) in [7, 11) is 0. The minimum absolute atomic E-state index is 0. The van der Waals surface area contributed by atoms with Gasteiger partial charge < -0.3 is 0 Å². The van der Waals surface area contributed by atoms with Crippen LogP contribution < -0.4 is 0 Å². The second kappa shape index (κ2) is 3.26. The molecule has 0 fully saturated rings. The van der Waals surface area contributed by atoms with Gasteiger partial charge in [0.1, 0.15) is 0 Å². The molecule has 3 radical (unpaired) electrons. The highest BCUT2D eigenvalue weighted by molar-refractivity contribution is 6.83. The molecule has 0 aromatic carbocycles. The second-order valence-electron chi connectivity index (χ2n) is 0.429. The van der Waals surface area contributed by atoms with Gasteiger partial charge in [-0.15, -0.1) is 0 Å². The molecule has 0 nitrogen and oxygen atoms in total. The van der Waals surface area contributed by atoms with Gasteiger partial charge in [0.25, 0.3) is 3.25 Å². The Kier molecular flexibility index (Phi) is 5.56. The number of alkyl halides is 4. The predicted molar refractivity (Wildman–Crippen MR) is 31.9 cm³/mol. The summed E-state index contributed by atoms with van der Waals surface area (Å²) in [5.41, 5.74) is 0. The molecule has 0 N–H and O–H groups in total. The van der Waals surface area contributed by atoms with Gasteiger partial charge in [-0.2, -0.15) is 0 Å². The highest BCUT2D eigenvalue weighted by atomic mass is 35.6. The third-order valence-electron chi connectivity index (χ3n) is 0.